The summed E-state index contributed by atoms with van der Waals surface area (Å²) < 4.78 is 0. The molecule has 15 heavy (non-hydrogen) atoms. The van der Waals surface area contributed by atoms with E-state index in [1.54, 1.807) is 0 Å². The summed E-state index contributed by atoms with van der Waals surface area (Å²) in [6.07, 6.45) is 8.70. The van der Waals surface area contributed by atoms with Crippen LogP contribution in [0.2, 0.25) is 11.6 Å². The molecule has 1 heteroatoms. The van der Waals surface area contributed by atoms with E-state index in [2.05, 4.69) is 32.5 Å². The third kappa shape index (κ3) is 2.80. The van der Waals surface area contributed by atoms with Crippen molar-refractivity contribution >= 4 is 6.71 Å². The lowest BCUT2D eigenvalue weighted by molar-refractivity contribution is 0.448. The van der Waals surface area contributed by atoms with Crippen molar-refractivity contribution < 1.29 is 0 Å². The van der Waals surface area contributed by atoms with Crippen molar-refractivity contribution in [3.8, 4) is 11.7 Å². The van der Waals surface area contributed by atoms with E-state index >= 15 is 0 Å². The Labute approximate surface area is 95.3 Å². The van der Waals surface area contributed by atoms with Gasteiger partial charge in [-0.15, -0.1) is 5.92 Å². The molecule has 0 N–H and O–H groups in total. The minimum absolute atomic E-state index is 0.186. The maximum atomic E-state index is 3.61. The van der Waals surface area contributed by atoms with Crippen molar-refractivity contribution in [1.82, 2.24) is 0 Å². The van der Waals surface area contributed by atoms with Gasteiger partial charge in [-0.1, -0.05) is 38.5 Å². The normalized spacial score (nSPS) is 30.7. The molecule has 0 spiro atoms. The second-order valence-electron chi connectivity index (χ2n) is 6.43. The molecule has 2 aliphatic heterocycles. The molecule has 0 aliphatic carbocycles. The van der Waals surface area contributed by atoms with E-state index in [1.165, 1.54) is 38.5 Å². The largest absolute Gasteiger partial charge is 0.237 e. The maximum absolute atomic E-state index is 3.61. The van der Waals surface area contributed by atoms with Crippen LogP contribution in [0.4, 0.5) is 0 Å². The molecule has 2 aliphatic rings. The van der Waals surface area contributed by atoms with Gasteiger partial charge in [-0.05, 0) is 32.4 Å². The average molecular weight is 202 g/mol. The molecule has 0 nitrogen and oxygen atoms in total. The van der Waals surface area contributed by atoms with Crippen molar-refractivity contribution in [1.29, 1.82) is 0 Å². The van der Waals surface area contributed by atoms with Gasteiger partial charge in [-0.2, -0.15) is 5.82 Å². The maximum Gasteiger partial charge on any atom is 0.237 e. The van der Waals surface area contributed by atoms with Crippen LogP contribution in [0.3, 0.4) is 0 Å². The minimum Gasteiger partial charge on any atom is -0.154 e. The Balaban J connectivity index is 2.09. The molecular formula is C14H23B. The van der Waals surface area contributed by atoms with Crippen LogP contribution in [-0.4, -0.2) is 6.71 Å². The summed E-state index contributed by atoms with van der Waals surface area (Å²) in [6, 6.07) is 0. The van der Waals surface area contributed by atoms with E-state index in [0.717, 1.165) is 18.3 Å². The Morgan fingerprint density at radius 2 is 1.40 bits per heavy atom. The highest BCUT2D eigenvalue weighted by Crippen LogP contribution is 2.46. The van der Waals surface area contributed by atoms with Crippen LogP contribution in [0.5, 0.6) is 0 Å². The second-order valence-corrected chi connectivity index (χ2v) is 6.43. The molecule has 0 aromatic heterocycles. The summed E-state index contributed by atoms with van der Waals surface area (Å²) in [5, 5.41) is 0. The molecule has 2 bridgehead atoms. The third-order valence-electron chi connectivity index (χ3n) is 3.93. The van der Waals surface area contributed by atoms with Crippen LogP contribution < -0.4 is 0 Å². The summed E-state index contributed by atoms with van der Waals surface area (Å²) in [6.45, 7) is 7.40. The first-order valence-electron chi connectivity index (χ1n) is 6.59. The van der Waals surface area contributed by atoms with Crippen LogP contribution in [0.25, 0.3) is 0 Å². The monoisotopic (exact) mass is 202 g/mol. The SMILES string of the molecule is CC(C)(C)C#CB1C2CCCC1CCC2. The zero-order valence-electron chi connectivity index (χ0n) is 10.5. The smallest absolute Gasteiger partial charge is 0.154 e. The third-order valence-corrected chi connectivity index (χ3v) is 3.93. The van der Waals surface area contributed by atoms with Gasteiger partial charge in [-0.25, -0.2) is 0 Å². The Hall–Kier alpha value is -0.375. The van der Waals surface area contributed by atoms with Crippen molar-refractivity contribution in [2.45, 2.75) is 70.9 Å². The quantitative estimate of drug-likeness (QED) is 0.408. The van der Waals surface area contributed by atoms with Crippen molar-refractivity contribution in [2.75, 3.05) is 0 Å². The highest BCUT2D eigenvalue weighted by Gasteiger charge is 2.38. The van der Waals surface area contributed by atoms with Crippen molar-refractivity contribution in [2.24, 2.45) is 5.41 Å². The molecule has 0 unspecified atom stereocenters. The molecule has 2 saturated heterocycles. The van der Waals surface area contributed by atoms with Crippen LogP contribution in [-0.2, 0) is 0 Å². The molecule has 0 radical (unpaired) electrons. The highest BCUT2D eigenvalue weighted by atomic mass is 14.2. The molecule has 2 fully saturated rings. The van der Waals surface area contributed by atoms with Crippen LogP contribution >= 0.6 is 0 Å². The average Bonchev–Trinajstić information content (AvgIpc) is 2.12. The lowest BCUT2D eigenvalue weighted by Crippen LogP contribution is -2.33. The zero-order chi connectivity index (χ0) is 10.9. The summed E-state index contributed by atoms with van der Waals surface area (Å²) in [5.74, 6) is 8.96. The first-order valence-corrected chi connectivity index (χ1v) is 6.59. The Bertz CT molecular complexity index is 254. The van der Waals surface area contributed by atoms with Gasteiger partial charge >= 0.3 is 0 Å². The molecule has 82 valence electrons. The number of rotatable bonds is 0. The van der Waals surface area contributed by atoms with Crippen molar-refractivity contribution in [3.63, 3.8) is 0 Å². The van der Waals surface area contributed by atoms with E-state index in [4.69, 9.17) is 0 Å². The molecule has 0 amide bonds. The first kappa shape index (κ1) is 11.1. The minimum atomic E-state index is 0.186. The molecule has 0 atom stereocenters. The summed E-state index contributed by atoms with van der Waals surface area (Å²) in [4.78, 5) is 0. The molecular weight excluding hydrogens is 179 g/mol. The van der Waals surface area contributed by atoms with Gasteiger partial charge in [-0.3, -0.25) is 0 Å². The van der Waals surface area contributed by atoms with Gasteiger partial charge < -0.3 is 0 Å². The van der Waals surface area contributed by atoms with E-state index in [-0.39, 0.29) is 5.41 Å². The van der Waals surface area contributed by atoms with Gasteiger partial charge in [0.15, 0.2) is 0 Å². The fourth-order valence-corrected chi connectivity index (χ4v) is 3.21. The fraction of sp³-hybridized carbons (Fsp3) is 0.857. The molecule has 0 saturated carbocycles. The second kappa shape index (κ2) is 4.24. The first-order chi connectivity index (χ1) is 7.06. The van der Waals surface area contributed by atoms with Gasteiger partial charge in [0.05, 0.1) is 0 Å². The van der Waals surface area contributed by atoms with E-state index < -0.39 is 0 Å². The molecule has 0 aromatic rings. The molecule has 2 rings (SSSR count). The molecule has 0 aromatic carbocycles. The van der Waals surface area contributed by atoms with Crippen LogP contribution in [0, 0.1) is 17.2 Å². The topological polar surface area (TPSA) is 0 Å². The predicted molar refractivity (Wildman–Crippen MR) is 68.2 cm³/mol. The number of hydrogen-bond acceptors (Lipinski definition) is 0. The van der Waals surface area contributed by atoms with Crippen molar-refractivity contribution in [3.05, 3.63) is 0 Å². The molecule has 2 heterocycles. The Kier molecular flexibility index (Phi) is 3.15. The standard InChI is InChI=1S/C14H23B/c1-14(2,3)10-11-15-12-6-4-7-13(15)9-5-8-12/h12-13H,4-9H2,1-3H3. The fourth-order valence-electron chi connectivity index (χ4n) is 3.21. The number of fused-ring (bicyclic) bond motifs is 2. The summed E-state index contributed by atoms with van der Waals surface area (Å²) >= 11 is 0. The highest BCUT2D eigenvalue weighted by molar-refractivity contribution is 6.70. The van der Waals surface area contributed by atoms with Crippen LogP contribution in [0.1, 0.15) is 59.3 Å². The van der Waals surface area contributed by atoms with E-state index in [0.29, 0.717) is 0 Å². The zero-order valence-corrected chi connectivity index (χ0v) is 10.5. The van der Waals surface area contributed by atoms with Gasteiger partial charge in [0.25, 0.3) is 0 Å². The van der Waals surface area contributed by atoms with E-state index in [1.807, 2.05) is 0 Å². The summed E-state index contributed by atoms with van der Waals surface area (Å²) in [5.41, 5.74) is 0.186. The van der Waals surface area contributed by atoms with Gasteiger partial charge in [0.2, 0.25) is 6.71 Å². The van der Waals surface area contributed by atoms with E-state index in [9.17, 15) is 0 Å². The van der Waals surface area contributed by atoms with Crippen LogP contribution in [0.15, 0.2) is 0 Å². The summed E-state index contributed by atoms with van der Waals surface area (Å²) in [7, 11) is 0. The Morgan fingerprint density at radius 1 is 0.933 bits per heavy atom. The lowest BCUT2D eigenvalue weighted by Gasteiger charge is -2.37. The predicted octanol–water partition coefficient (Wildman–Crippen LogP) is 4.18. The van der Waals surface area contributed by atoms with Gasteiger partial charge in [0.1, 0.15) is 0 Å². The number of hydrogen-bond donors (Lipinski definition) is 0. The van der Waals surface area contributed by atoms with Gasteiger partial charge in [0, 0.05) is 5.41 Å². The lowest BCUT2D eigenvalue weighted by atomic mass is 9.28. The Morgan fingerprint density at radius 3 is 1.80 bits per heavy atom.